The number of piperidine rings is 2. The molecule has 2 aliphatic heterocycles. The summed E-state index contributed by atoms with van der Waals surface area (Å²) in [5, 5.41) is 9.12. The first kappa shape index (κ1) is 16.9. The summed E-state index contributed by atoms with van der Waals surface area (Å²) in [6.07, 6.45) is 5.35. The lowest BCUT2D eigenvalue weighted by Gasteiger charge is -2.40. The molecular weight excluding hydrogens is 328 g/mol. The predicted molar refractivity (Wildman–Crippen MR) is 86.3 cm³/mol. The van der Waals surface area contributed by atoms with Crippen LogP contribution in [0.4, 0.5) is 0 Å². The Kier molecular flexibility index (Phi) is 4.83. The van der Waals surface area contributed by atoms with Gasteiger partial charge in [0.15, 0.2) is 5.69 Å². The lowest BCUT2D eigenvalue weighted by atomic mass is 10.0. The third-order valence-electron chi connectivity index (χ3n) is 4.65. The van der Waals surface area contributed by atoms with Crippen LogP contribution >= 0.6 is 0 Å². The fourth-order valence-corrected chi connectivity index (χ4v) is 5.04. The van der Waals surface area contributed by atoms with Crippen LogP contribution < -0.4 is 0 Å². The van der Waals surface area contributed by atoms with E-state index in [1.54, 1.807) is 0 Å². The molecule has 7 nitrogen and oxygen atoms in total. The van der Waals surface area contributed by atoms with Crippen LogP contribution in [0.2, 0.25) is 0 Å². The van der Waals surface area contributed by atoms with Crippen molar-refractivity contribution in [3.63, 3.8) is 0 Å². The molecule has 0 saturated carbocycles. The molecule has 1 unspecified atom stereocenters. The van der Waals surface area contributed by atoms with Crippen molar-refractivity contribution in [2.24, 2.45) is 0 Å². The summed E-state index contributed by atoms with van der Waals surface area (Å²) >= 11 is 0. The molecule has 1 aromatic heterocycles. The minimum Gasteiger partial charge on any atom is -0.338 e. The second kappa shape index (κ2) is 6.87. The summed E-state index contributed by atoms with van der Waals surface area (Å²) < 4.78 is 27.2. The van der Waals surface area contributed by atoms with Gasteiger partial charge in [-0.15, -0.1) is 0 Å². The minimum atomic E-state index is -3.78. The lowest BCUT2D eigenvalue weighted by molar-refractivity contribution is -0.136. The number of nitriles is 1. The summed E-state index contributed by atoms with van der Waals surface area (Å²) in [6, 6.07) is 4.69. The molecule has 24 heavy (non-hydrogen) atoms. The molecule has 0 aromatic carbocycles. The number of rotatable bonds is 3. The third kappa shape index (κ3) is 3.14. The molecular formula is C16H20N4O3S. The summed E-state index contributed by atoms with van der Waals surface area (Å²) in [4.78, 5) is 17.7. The summed E-state index contributed by atoms with van der Waals surface area (Å²) in [5.41, 5.74) is -0.0892. The van der Waals surface area contributed by atoms with Gasteiger partial charge in [0.25, 0.3) is 0 Å². The molecule has 3 heterocycles. The molecule has 0 bridgehead atoms. The van der Waals surface area contributed by atoms with E-state index in [4.69, 9.17) is 5.26 Å². The topological polar surface area (TPSA) is 94.4 Å². The number of aromatic nitrogens is 1. The van der Waals surface area contributed by atoms with Gasteiger partial charge in [0, 0.05) is 38.3 Å². The zero-order valence-corrected chi connectivity index (χ0v) is 14.2. The number of carbonyl (C=O) groups is 1. The quantitative estimate of drug-likeness (QED) is 0.816. The highest BCUT2D eigenvalue weighted by atomic mass is 32.2. The van der Waals surface area contributed by atoms with Crippen LogP contribution in [-0.2, 0) is 14.8 Å². The summed E-state index contributed by atoms with van der Waals surface area (Å²) in [7, 11) is -3.78. The minimum absolute atomic E-state index is 0.0573. The average molecular weight is 348 g/mol. The predicted octanol–water partition coefficient (Wildman–Crippen LogP) is 1.12. The number of nitrogens with zero attached hydrogens (tertiary/aromatic N) is 4. The van der Waals surface area contributed by atoms with Crippen molar-refractivity contribution in [1.29, 1.82) is 5.26 Å². The van der Waals surface area contributed by atoms with Crippen LogP contribution in [-0.4, -0.2) is 54.2 Å². The monoisotopic (exact) mass is 348 g/mol. The summed E-state index contributed by atoms with van der Waals surface area (Å²) in [5.74, 6) is 0.115. The molecule has 0 aliphatic carbocycles. The second-order valence-electron chi connectivity index (χ2n) is 6.17. The number of pyridine rings is 1. The number of hydrogen-bond donors (Lipinski definition) is 0. The van der Waals surface area contributed by atoms with Crippen molar-refractivity contribution in [3.05, 3.63) is 24.0 Å². The van der Waals surface area contributed by atoms with Gasteiger partial charge < -0.3 is 4.90 Å². The maximum absolute atomic E-state index is 12.9. The Balaban J connectivity index is 1.84. The Hall–Kier alpha value is -1.98. The van der Waals surface area contributed by atoms with Gasteiger partial charge in [-0.2, -0.15) is 9.57 Å². The zero-order valence-electron chi connectivity index (χ0n) is 13.4. The molecule has 3 rings (SSSR count). The Morgan fingerprint density at radius 1 is 1.25 bits per heavy atom. The number of hydrogen-bond acceptors (Lipinski definition) is 5. The van der Waals surface area contributed by atoms with E-state index in [0.29, 0.717) is 25.9 Å². The standard InChI is InChI=1S/C16H20N4O3S/c17-11-14-15(6-3-8-18-14)24(22,23)19-9-4-5-13(12-19)20-10-2-1-7-16(20)21/h3,6,8,13H,1-2,4-5,7,9-10,12H2. The van der Waals surface area contributed by atoms with Crippen molar-refractivity contribution in [2.45, 2.75) is 43.0 Å². The number of likely N-dealkylation sites (tertiary alicyclic amines) is 1. The third-order valence-corrected chi connectivity index (χ3v) is 6.55. The maximum atomic E-state index is 12.9. The molecule has 1 atom stereocenters. The highest BCUT2D eigenvalue weighted by Crippen LogP contribution is 2.26. The van der Waals surface area contributed by atoms with Gasteiger partial charge in [0.05, 0.1) is 0 Å². The van der Waals surface area contributed by atoms with Gasteiger partial charge in [0.2, 0.25) is 15.9 Å². The molecule has 128 valence electrons. The molecule has 0 radical (unpaired) electrons. The molecule has 8 heteroatoms. The highest BCUT2D eigenvalue weighted by Gasteiger charge is 2.36. The van der Waals surface area contributed by atoms with Gasteiger partial charge in [0.1, 0.15) is 11.0 Å². The van der Waals surface area contributed by atoms with Gasteiger partial charge in [-0.25, -0.2) is 13.4 Å². The fourth-order valence-electron chi connectivity index (χ4n) is 3.43. The largest absolute Gasteiger partial charge is 0.338 e. The zero-order chi connectivity index (χ0) is 17.2. The SMILES string of the molecule is N#Cc1ncccc1S(=O)(=O)N1CCCC(N2CCCCC2=O)C1. The van der Waals surface area contributed by atoms with Crippen molar-refractivity contribution in [2.75, 3.05) is 19.6 Å². The van der Waals surface area contributed by atoms with Crippen LogP contribution in [0.15, 0.2) is 23.2 Å². The fraction of sp³-hybridized carbons (Fsp3) is 0.562. The molecule has 1 aromatic rings. The van der Waals surface area contributed by atoms with E-state index < -0.39 is 10.0 Å². The summed E-state index contributed by atoms with van der Waals surface area (Å²) in [6.45, 7) is 1.39. The van der Waals surface area contributed by atoms with Gasteiger partial charge in [-0.05, 0) is 37.8 Å². The first-order valence-electron chi connectivity index (χ1n) is 8.19. The average Bonchev–Trinajstić information content (AvgIpc) is 2.62. The second-order valence-corrected chi connectivity index (χ2v) is 8.07. The molecule has 2 fully saturated rings. The molecule has 1 amide bonds. The van der Waals surface area contributed by atoms with Crippen molar-refractivity contribution < 1.29 is 13.2 Å². The Morgan fingerprint density at radius 3 is 2.83 bits per heavy atom. The molecule has 2 saturated heterocycles. The van der Waals surface area contributed by atoms with Gasteiger partial charge in [-0.3, -0.25) is 4.79 Å². The van der Waals surface area contributed by atoms with Crippen LogP contribution in [0, 0.1) is 11.3 Å². The Morgan fingerprint density at radius 2 is 2.08 bits per heavy atom. The number of carbonyl (C=O) groups excluding carboxylic acids is 1. The number of sulfonamides is 1. The number of amides is 1. The van der Waals surface area contributed by atoms with E-state index in [1.807, 2.05) is 11.0 Å². The van der Waals surface area contributed by atoms with Crippen molar-refractivity contribution >= 4 is 15.9 Å². The van der Waals surface area contributed by atoms with Crippen LogP contribution in [0.3, 0.4) is 0 Å². The lowest BCUT2D eigenvalue weighted by Crippen LogP contribution is -2.52. The molecule has 2 aliphatic rings. The van der Waals surface area contributed by atoms with Crippen molar-refractivity contribution in [3.8, 4) is 6.07 Å². The van der Waals surface area contributed by atoms with E-state index >= 15 is 0 Å². The normalized spacial score (nSPS) is 23.0. The smallest absolute Gasteiger partial charge is 0.246 e. The van der Waals surface area contributed by atoms with Gasteiger partial charge >= 0.3 is 0 Å². The van der Waals surface area contributed by atoms with Crippen LogP contribution in [0.5, 0.6) is 0 Å². The highest BCUT2D eigenvalue weighted by molar-refractivity contribution is 7.89. The first-order chi connectivity index (χ1) is 11.5. The Bertz CT molecular complexity index is 772. The Labute approximate surface area is 141 Å². The molecule has 0 spiro atoms. The van der Waals surface area contributed by atoms with E-state index in [0.717, 1.165) is 19.3 Å². The van der Waals surface area contributed by atoms with E-state index in [2.05, 4.69) is 4.98 Å². The van der Waals surface area contributed by atoms with E-state index in [9.17, 15) is 13.2 Å². The maximum Gasteiger partial charge on any atom is 0.246 e. The van der Waals surface area contributed by atoms with Crippen LogP contribution in [0.1, 0.15) is 37.8 Å². The molecule has 0 N–H and O–H groups in total. The first-order valence-corrected chi connectivity index (χ1v) is 9.63. The van der Waals surface area contributed by atoms with Gasteiger partial charge in [-0.1, -0.05) is 0 Å². The van der Waals surface area contributed by atoms with E-state index in [1.165, 1.54) is 22.6 Å². The van der Waals surface area contributed by atoms with Crippen molar-refractivity contribution in [1.82, 2.24) is 14.2 Å². The van der Waals surface area contributed by atoms with E-state index in [-0.39, 0.29) is 29.1 Å². The van der Waals surface area contributed by atoms with Crippen LogP contribution in [0.25, 0.3) is 0 Å².